The lowest BCUT2D eigenvalue weighted by molar-refractivity contribution is 0.0522. The van der Waals surface area contributed by atoms with Gasteiger partial charge in [0.1, 0.15) is 0 Å². The van der Waals surface area contributed by atoms with Crippen LogP contribution < -0.4 is 5.43 Å². The van der Waals surface area contributed by atoms with Crippen molar-refractivity contribution in [3.63, 3.8) is 0 Å². The van der Waals surface area contributed by atoms with Crippen molar-refractivity contribution < 1.29 is 4.79 Å². The van der Waals surface area contributed by atoms with Crippen molar-refractivity contribution >= 4 is 6.03 Å². The van der Waals surface area contributed by atoms with Gasteiger partial charge in [-0.25, -0.2) is 14.8 Å². The number of hydrogen-bond acceptors (Lipinski definition) is 3. The second kappa shape index (κ2) is 5.77. The quantitative estimate of drug-likeness (QED) is 0.647. The van der Waals surface area contributed by atoms with Gasteiger partial charge in [-0.05, 0) is 6.42 Å². The molecule has 0 unspecified atom stereocenters. The van der Waals surface area contributed by atoms with Crippen LogP contribution in [0.5, 0.6) is 0 Å². The molecule has 0 bridgehead atoms. The van der Waals surface area contributed by atoms with E-state index in [9.17, 15) is 4.79 Å². The summed E-state index contributed by atoms with van der Waals surface area (Å²) >= 11 is 0. The van der Waals surface area contributed by atoms with Crippen LogP contribution in [0.3, 0.4) is 0 Å². The summed E-state index contributed by atoms with van der Waals surface area (Å²) in [7, 11) is 7.28. The molecule has 2 amide bonds. The first kappa shape index (κ1) is 12.2. The zero-order chi connectivity index (χ0) is 10.4. The third-order valence-corrected chi connectivity index (χ3v) is 1.47. The Hall–Kier alpha value is -0.810. The highest BCUT2D eigenvalue weighted by molar-refractivity contribution is 5.72. The molecule has 0 fully saturated rings. The molecule has 0 atom stereocenters. The van der Waals surface area contributed by atoms with Crippen molar-refractivity contribution in [3.8, 4) is 0 Å². The van der Waals surface area contributed by atoms with E-state index in [1.165, 1.54) is 0 Å². The molecular weight excluding hydrogens is 168 g/mol. The summed E-state index contributed by atoms with van der Waals surface area (Å²) in [5, 5.41) is 5.07. The van der Waals surface area contributed by atoms with Crippen LogP contribution in [-0.2, 0) is 0 Å². The number of carbonyl (C=O) groups excluding carboxylic acids is 1. The van der Waals surface area contributed by atoms with E-state index >= 15 is 0 Å². The van der Waals surface area contributed by atoms with Gasteiger partial charge in [0.25, 0.3) is 0 Å². The fourth-order valence-electron chi connectivity index (χ4n) is 0.944. The minimum Gasteiger partial charge on any atom is -0.270 e. The summed E-state index contributed by atoms with van der Waals surface area (Å²) in [5.74, 6) is 0. The summed E-state index contributed by atoms with van der Waals surface area (Å²) in [6.07, 6.45) is 0.943. The van der Waals surface area contributed by atoms with Crippen LogP contribution in [0.2, 0.25) is 0 Å². The van der Waals surface area contributed by atoms with Crippen LogP contribution in [0.1, 0.15) is 13.3 Å². The topological polar surface area (TPSA) is 38.8 Å². The lowest BCUT2D eigenvalue weighted by Gasteiger charge is -2.29. The Morgan fingerprint density at radius 2 is 1.77 bits per heavy atom. The van der Waals surface area contributed by atoms with Gasteiger partial charge in [0.15, 0.2) is 0 Å². The number of nitrogens with one attached hydrogen (secondary N) is 1. The Kier molecular flexibility index (Phi) is 5.41. The summed E-state index contributed by atoms with van der Waals surface area (Å²) in [5.41, 5.74) is 2.69. The summed E-state index contributed by atoms with van der Waals surface area (Å²) in [4.78, 5) is 11.5. The summed E-state index contributed by atoms with van der Waals surface area (Å²) in [6.45, 7) is 2.77. The zero-order valence-electron chi connectivity index (χ0n) is 9.16. The molecule has 0 saturated heterocycles. The number of carbonyl (C=O) groups is 1. The molecule has 1 N–H and O–H groups in total. The van der Waals surface area contributed by atoms with Gasteiger partial charge in [0.05, 0.1) is 0 Å². The highest BCUT2D eigenvalue weighted by Gasteiger charge is 2.14. The molecule has 78 valence electrons. The molecular formula is C8H20N4O. The van der Waals surface area contributed by atoms with Gasteiger partial charge in [-0.3, -0.25) is 10.4 Å². The van der Waals surface area contributed by atoms with Gasteiger partial charge in [0, 0.05) is 34.7 Å². The summed E-state index contributed by atoms with van der Waals surface area (Å²) in [6, 6.07) is -0.100. The van der Waals surface area contributed by atoms with E-state index < -0.39 is 0 Å². The van der Waals surface area contributed by atoms with Crippen LogP contribution in [0.4, 0.5) is 4.79 Å². The number of urea groups is 1. The minimum atomic E-state index is -0.100. The first-order chi connectivity index (χ1) is 5.99. The molecule has 5 heteroatoms. The van der Waals surface area contributed by atoms with E-state index in [1.54, 1.807) is 29.1 Å². The highest BCUT2D eigenvalue weighted by atomic mass is 16.2. The Morgan fingerprint density at radius 1 is 1.23 bits per heavy atom. The number of rotatable bonds is 4. The molecule has 0 spiro atoms. The average molecular weight is 188 g/mol. The van der Waals surface area contributed by atoms with E-state index in [4.69, 9.17) is 0 Å². The lowest BCUT2D eigenvalue weighted by atomic mass is 10.5. The Labute approximate surface area is 80.2 Å². The number of amides is 2. The number of hydrogen-bond donors (Lipinski definition) is 1. The third kappa shape index (κ3) is 4.69. The van der Waals surface area contributed by atoms with Crippen molar-refractivity contribution in [3.05, 3.63) is 0 Å². The van der Waals surface area contributed by atoms with Crippen molar-refractivity contribution in [2.24, 2.45) is 0 Å². The van der Waals surface area contributed by atoms with Crippen molar-refractivity contribution in [2.45, 2.75) is 13.3 Å². The smallest absolute Gasteiger partial charge is 0.270 e. The van der Waals surface area contributed by atoms with Crippen molar-refractivity contribution in [2.75, 3.05) is 34.7 Å². The van der Waals surface area contributed by atoms with E-state index in [0.717, 1.165) is 13.0 Å². The van der Waals surface area contributed by atoms with Crippen molar-refractivity contribution in [1.29, 1.82) is 0 Å². The molecule has 0 aliphatic rings. The Bertz CT molecular complexity index is 158. The molecule has 0 aliphatic heterocycles. The second-order valence-electron chi connectivity index (χ2n) is 3.28. The molecule has 0 aromatic heterocycles. The van der Waals surface area contributed by atoms with Gasteiger partial charge in [0.2, 0.25) is 0 Å². The van der Waals surface area contributed by atoms with Crippen LogP contribution in [-0.4, -0.2) is 55.8 Å². The first-order valence-corrected chi connectivity index (χ1v) is 4.41. The van der Waals surface area contributed by atoms with Crippen molar-refractivity contribution in [1.82, 2.24) is 20.5 Å². The number of nitrogens with zero attached hydrogens (tertiary/aromatic N) is 3. The van der Waals surface area contributed by atoms with E-state index in [1.807, 2.05) is 21.0 Å². The Balaban J connectivity index is 4.11. The first-order valence-electron chi connectivity index (χ1n) is 4.41. The molecule has 5 nitrogen and oxygen atoms in total. The summed E-state index contributed by atoms with van der Waals surface area (Å²) < 4.78 is 0. The predicted molar refractivity (Wildman–Crippen MR) is 52.9 cm³/mol. The fourth-order valence-corrected chi connectivity index (χ4v) is 0.944. The minimum absolute atomic E-state index is 0.100. The SMILES string of the molecule is CCCN(C(=O)NN(C)C)N(C)C. The fraction of sp³-hybridized carbons (Fsp3) is 0.875. The van der Waals surface area contributed by atoms with Gasteiger partial charge >= 0.3 is 6.03 Å². The largest absolute Gasteiger partial charge is 0.346 e. The van der Waals surface area contributed by atoms with E-state index in [-0.39, 0.29) is 6.03 Å². The predicted octanol–water partition coefficient (Wildman–Crippen LogP) is 0.361. The molecule has 0 aromatic carbocycles. The van der Waals surface area contributed by atoms with Crippen LogP contribution in [0, 0.1) is 0 Å². The molecule has 13 heavy (non-hydrogen) atoms. The number of hydrazine groups is 2. The Morgan fingerprint density at radius 3 is 2.08 bits per heavy atom. The second-order valence-corrected chi connectivity index (χ2v) is 3.28. The monoisotopic (exact) mass is 188 g/mol. The molecule has 0 heterocycles. The molecule has 0 aromatic rings. The van der Waals surface area contributed by atoms with Gasteiger partial charge in [-0.2, -0.15) is 0 Å². The van der Waals surface area contributed by atoms with E-state index in [2.05, 4.69) is 5.43 Å². The molecule has 0 rings (SSSR count). The highest BCUT2D eigenvalue weighted by Crippen LogP contribution is 1.94. The lowest BCUT2D eigenvalue weighted by Crippen LogP contribution is -2.51. The van der Waals surface area contributed by atoms with Crippen LogP contribution in [0.25, 0.3) is 0 Å². The maximum Gasteiger partial charge on any atom is 0.346 e. The van der Waals surface area contributed by atoms with Crippen LogP contribution in [0.15, 0.2) is 0 Å². The average Bonchev–Trinajstić information content (AvgIpc) is 1.97. The molecule has 0 radical (unpaired) electrons. The van der Waals surface area contributed by atoms with Crippen LogP contribution >= 0.6 is 0 Å². The molecule has 0 saturated carbocycles. The van der Waals surface area contributed by atoms with Gasteiger partial charge < -0.3 is 0 Å². The van der Waals surface area contributed by atoms with Gasteiger partial charge in [-0.15, -0.1) is 0 Å². The third-order valence-electron chi connectivity index (χ3n) is 1.47. The van der Waals surface area contributed by atoms with Gasteiger partial charge in [-0.1, -0.05) is 6.92 Å². The maximum absolute atomic E-state index is 11.5. The zero-order valence-corrected chi connectivity index (χ0v) is 9.16. The standard InChI is InChI=1S/C8H20N4O/c1-6-7-12(11(4)5)8(13)9-10(2)3/h6-7H2,1-5H3,(H,9,13). The maximum atomic E-state index is 11.5. The molecule has 0 aliphatic carbocycles. The van der Waals surface area contributed by atoms with E-state index in [0.29, 0.717) is 0 Å². The normalized spacial score (nSPS) is 10.7.